The molecule has 4 N–H and O–H groups in total. The summed E-state index contributed by atoms with van der Waals surface area (Å²) in [5.74, 6) is -1.14. The molecule has 6 nitrogen and oxygen atoms in total. The third kappa shape index (κ3) is 4.12. The second kappa shape index (κ2) is 9.23. The summed E-state index contributed by atoms with van der Waals surface area (Å²) in [4.78, 5) is 11.0. The molecule has 3 heterocycles. The van der Waals surface area contributed by atoms with Crippen LogP contribution in [0, 0.1) is 17.6 Å². The van der Waals surface area contributed by atoms with Crippen LogP contribution >= 0.6 is 0 Å². The zero-order valence-corrected chi connectivity index (χ0v) is 18.5. The van der Waals surface area contributed by atoms with Gasteiger partial charge in [0.2, 0.25) is 0 Å². The van der Waals surface area contributed by atoms with Crippen LogP contribution in [0.3, 0.4) is 0 Å². The number of benzene rings is 2. The number of piperidine rings is 1. The van der Waals surface area contributed by atoms with Gasteiger partial charge in [0, 0.05) is 25.1 Å². The summed E-state index contributed by atoms with van der Waals surface area (Å²) >= 11 is 0. The number of nitrogens with one attached hydrogen (secondary N) is 1. The predicted octanol–water partition coefficient (Wildman–Crippen LogP) is 5.11. The fourth-order valence-corrected chi connectivity index (χ4v) is 4.61. The van der Waals surface area contributed by atoms with E-state index < -0.39 is 11.6 Å². The number of halogens is 2. The van der Waals surface area contributed by atoms with Crippen LogP contribution in [0.1, 0.15) is 12.8 Å². The molecule has 1 aliphatic rings. The number of para-hydroxylation sites is 1. The first kappa shape index (κ1) is 22.0. The molecule has 0 saturated carbocycles. The fraction of sp³-hybridized carbons (Fsp3) is 0.231. The Morgan fingerprint density at radius 1 is 1.03 bits per heavy atom. The van der Waals surface area contributed by atoms with Gasteiger partial charge >= 0.3 is 0 Å². The standard InChI is InChI=1S/C26H25F2N5O/c27-18-6-2-7-19(28)24(18)21-10-9-17-5-1-8-22(25(17)32-21)31-23-13-30-12-20(29)26(23)33-11-3-4-16(14-33)15-34/h1-2,5-10,12-13,16,31,34H,3-4,11,14-15,29H2. The summed E-state index contributed by atoms with van der Waals surface area (Å²) in [6.45, 7) is 1.65. The lowest BCUT2D eigenvalue weighted by Crippen LogP contribution is -2.37. The highest BCUT2D eigenvalue weighted by molar-refractivity contribution is 5.95. The molecule has 2 aromatic carbocycles. The Morgan fingerprint density at radius 2 is 1.82 bits per heavy atom. The number of pyridine rings is 2. The molecule has 1 atom stereocenters. The normalized spacial score (nSPS) is 16.1. The van der Waals surface area contributed by atoms with Gasteiger partial charge in [0.1, 0.15) is 11.6 Å². The molecule has 174 valence electrons. The van der Waals surface area contributed by atoms with Crippen molar-refractivity contribution in [2.45, 2.75) is 12.8 Å². The number of hydrogen-bond donors (Lipinski definition) is 3. The Balaban J connectivity index is 1.57. The van der Waals surface area contributed by atoms with Gasteiger partial charge in [0.05, 0.1) is 51.9 Å². The van der Waals surface area contributed by atoms with Crippen molar-refractivity contribution in [3.05, 3.63) is 72.6 Å². The molecule has 0 radical (unpaired) electrons. The molecule has 0 bridgehead atoms. The van der Waals surface area contributed by atoms with Gasteiger partial charge in [-0.05, 0) is 43.0 Å². The smallest absolute Gasteiger partial charge is 0.135 e. The van der Waals surface area contributed by atoms with E-state index in [0.29, 0.717) is 29.1 Å². The van der Waals surface area contributed by atoms with E-state index in [0.717, 1.165) is 30.5 Å². The number of aliphatic hydroxyl groups is 1. The minimum atomic E-state index is -0.664. The minimum Gasteiger partial charge on any atom is -0.396 e. The maximum Gasteiger partial charge on any atom is 0.135 e. The Labute approximate surface area is 196 Å². The highest BCUT2D eigenvalue weighted by Crippen LogP contribution is 2.37. The van der Waals surface area contributed by atoms with E-state index in [-0.39, 0.29) is 23.8 Å². The largest absolute Gasteiger partial charge is 0.396 e. The van der Waals surface area contributed by atoms with Crippen molar-refractivity contribution in [1.82, 2.24) is 9.97 Å². The first-order chi connectivity index (χ1) is 16.5. The fourth-order valence-electron chi connectivity index (χ4n) is 4.61. The lowest BCUT2D eigenvalue weighted by Gasteiger charge is -2.35. The van der Waals surface area contributed by atoms with Crippen molar-refractivity contribution >= 4 is 33.7 Å². The number of aliphatic hydroxyl groups excluding tert-OH is 1. The first-order valence-electron chi connectivity index (χ1n) is 11.3. The van der Waals surface area contributed by atoms with Crippen LogP contribution in [0.15, 0.2) is 60.9 Å². The number of nitrogen functional groups attached to an aromatic ring is 1. The predicted molar refractivity (Wildman–Crippen MR) is 131 cm³/mol. The summed E-state index contributed by atoms with van der Waals surface area (Å²) in [5.41, 5.74) is 9.69. The number of nitrogens with zero attached hydrogens (tertiary/aromatic N) is 3. The zero-order chi connectivity index (χ0) is 23.7. The minimum absolute atomic E-state index is 0.132. The van der Waals surface area contributed by atoms with Crippen molar-refractivity contribution in [1.29, 1.82) is 0 Å². The Kier molecular flexibility index (Phi) is 5.98. The summed E-state index contributed by atoms with van der Waals surface area (Å²) in [6, 6.07) is 12.8. The van der Waals surface area contributed by atoms with Crippen LogP contribution in [0.25, 0.3) is 22.2 Å². The first-order valence-corrected chi connectivity index (χ1v) is 11.3. The van der Waals surface area contributed by atoms with Gasteiger partial charge in [-0.1, -0.05) is 24.3 Å². The molecular formula is C26H25F2N5O. The van der Waals surface area contributed by atoms with Crippen LogP contribution < -0.4 is 16.0 Å². The van der Waals surface area contributed by atoms with Gasteiger partial charge in [-0.25, -0.2) is 13.8 Å². The van der Waals surface area contributed by atoms with Gasteiger partial charge in [-0.2, -0.15) is 0 Å². The number of hydrogen-bond acceptors (Lipinski definition) is 6. The molecule has 1 unspecified atom stereocenters. The van der Waals surface area contributed by atoms with Crippen molar-refractivity contribution in [2.24, 2.45) is 5.92 Å². The SMILES string of the molecule is Nc1cncc(Nc2cccc3ccc(-c4c(F)cccc4F)nc23)c1N1CCCC(CO)C1. The van der Waals surface area contributed by atoms with Gasteiger partial charge in [0.15, 0.2) is 0 Å². The number of anilines is 4. The average Bonchev–Trinajstić information content (AvgIpc) is 2.84. The van der Waals surface area contributed by atoms with Crippen molar-refractivity contribution in [3.8, 4) is 11.3 Å². The van der Waals surface area contributed by atoms with Crippen LogP contribution in [0.2, 0.25) is 0 Å². The van der Waals surface area contributed by atoms with Crippen LogP contribution in [0.4, 0.5) is 31.5 Å². The van der Waals surface area contributed by atoms with Gasteiger partial charge < -0.3 is 21.1 Å². The van der Waals surface area contributed by atoms with E-state index in [1.54, 1.807) is 24.5 Å². The highest BCUT2D eigenvalue weighted by Gasteiger charge is 2.24. The van der Waals surface area contributed by atoms with Crippen molar-refractivity contribution in [3.63, 3.8) is 0 Å². The van der Waals surface area contributed by atoms with Gasteiger partial charge in [0.25, 0.3) is 0 Å². The summed E-state index contributed by atoms with van der Waals surface area (Å²) in [7, 11) is 0. The van der Waals surface area contributed by atoms with E-state index in [1.807, 2.05) is 18.2 Å². The Bertz CT molecular complexity index is 1330. The molecule has 8 heteroatoms. The van der Waals surface area contributed by atoms with Gasteiger partial charge in [-0.3, -0.25) is 4.98 Å². The molecule has 4 aromatic rings. The molecule has 34 heavy (non-hydrogen) atoms. The van der Waals surface area contributed by atoms with Crippen molar-refractivity contribution < 1.29 is 13.9 Å². The van der Waals surface area contributed by atoms with Crippen LogP contribution in [-0.2, 0) is 0 Å². The second-order valence-electron chi connectivity index (χ2n) is 8.56. The number of nitrogens with two attached hydrogens (primary N) is 1. The third-order valence-electron chi connectivity index (χ3n) is 6.25. The molecule has 1 fully saturated rings. The van der Waals surface area contributed by atoms with Crippen LogP contribution in [-0.4, -0.2) is 34.8 Å². The van der Waals surface area contributed by atoms with E-state index in [2.05, 4.69) is 20.2 Å². The quantitative estimate of drug-likeness (QED) is 0.383. The van der Waals surface area contributed by atoms with Crippen LogP contribution in [0.5, 0.6) is 0 Å². The van der Waals surface area contributed by atoms with Gasteiger partial charge in [-0.15, -0.1) is 0 Å². The molecule has 0 spiro atoms. The number of aromatic nitrogens is 2. The molecular weight excluding hydrogens is 436 g/mol. The number of rotatable bonds is 5. The van der Waals surface area contributed by atoms with Crippen molar-refractivity contribution in [2.75, 3.05) is 35.6 Å². The maximum atomic E-state index is 14.4. The molecule has 0 amide bonds. The lowest BCUT2D eigenvalue weighted by atomic mass is 9.98. The molecule has 1 aliphatic heterocycles. The Morgan fingerprint density at radius 3 is 2.62 bits per heavy atom. The zero-order valence-electron chi connectivity index (χ0n) is 18.5. The molecule has 0 aliphatic carbocycles. The van der Waals surface area contributed by atoms with E-state index >= 15 is 0 Å². The van der Waals surface area contributed by atoms with E-state index in [4.69, 9.17) is 5.73 Å². The summed E-state index contributed by atoms with van der Waals surface area (Å²) < 4.78 is 28.8. The summed E-state index contributed by atoms with van der Waals surface area (Å²) in [5, 5.41) is 13.9. The maximum absolute atomic E-state index is 14.4. The summed E-state index contributed by atoms with van der Waals surface area (Å²) in [6.07, 6.45) is 5.25. The monoisotopic (exact) mass is 461 g/mol. The second-order valence-corrected chi connectivity index (χ2v) is 8.56. The topological polar surface area (TPSA) is 87.3 Å². The van der Waals surface area contributed by atoms with E-state index in [1.165, 1.54) is 18.2 Å². The molecule has 2 aromatic heterocycles. The molecule has 5 rings (SSSR count). The highest BCUT2D eigenvalue weighted by atomic mass is 19.1. The Hall–Kier alpha value is -3.78. The molecule has 1 saturated heterocycles. The average molecular weight is 462 g/mol. The number of fused-ring (bicyclic) bond motifs is 1. The van der Waals surface area contributed by atoms with E-state index in [9.17, 15) is 13.9 Å². The third-order valence-corrected chi connectivity index (χ3v) is 6.25. The lowest BCUT2D eigenvalue weighted by molar-refractivity contribution is 0.209.